The van der Waals surface area contributed by atoms with Crippen LogP contribution in [0.3, 0.4) is 0 Å². The van der Waals surface area contributed by atoms with E-state index in [0.717, 1.165) is 5.56 Å². The Morgan fingerprint density at radius 1 is 1.05 bits per heavy atom. The molecule has 0 aliphatic carbocycles. The van der Waals surface area contributed by atoms with Crippen LogP contribution in [-0.2, 0) is 44.8 Å². The van der Waals surface area contributed by atoms with E-state index in [1.54, 1.807) is 13.8 Å². The van der Waals surface area contributed by atoms with Crippen LogP contribution < -0.4 is 21.7 Å². The Morgan fingerprint density at radius 3 is 2.23 bits per heavy atom. The predicted octanol–water partition coefficient (Wildman–Crippen LogP) is -1.46. The van der Waals surface area contributed by atoms with Gasteiger partial charge in [0, 0.05) is 13.3 Å². The van der Waals surface area contributed by atoms with Crippen molar-refractivity contribution in [2.75, 3.05) is 6.61 Å². The molecule has 8 atom stereocenters. The minimum absolute atomic E-state index is 0.0720. The summed E-state index contributed by atoms with van der Waals surface area (Å²) >= 11 is 0. The molecule has 1 aromatic carbocycles. The van der Waals surface area contributed by atoms with Crippen LogP contribution in [0.5, 0.6) is 0 Å². The number of benzene rings is 1. The molecule has 1 saturated heterocycles. The summed E-state index contributed by atoms with van der Waals surface area (Å²) < 4.78 is 17.5. The second kappa shape index (κ2) is 16.9. The molecule has 15 heteroatoms. The molecule has 0 radical (unpaired) electrons. The second-order valence-electron chi connectivity index (χ2n) is 10.6. The lowest BCUT2D eigenvalue weighted by molar-refractivity contribution is -0.283. The molecule has 1 aromatic rings. The van der Waals surface area contributed by atoms with Crippen LogP contribution in [0, 0.1) is 5.92 Å². The SMILES string of the molecule is CC(=O)N[C@H]1[C@@H](OCc2ccccc2)O[C@H](CO)[C@@H](O)[C@@H]1O[C@H](C)C(=O)N[C@@H](C(=O)N[C@H](CCC(=O)O)C(N)=O)C(C)C. The highest BCUT2D eigenvalue weighted by Crippen LogP contribution is 2.26. The number of carboxylic acid groups (broad SMARTS) is 1. The van der Waals surface area contributed by atoms with Gasteiger partial charge in [-0.05, 0) is 24.8 Å². The summed E-state index contributed by atoms with van der Waals surface area (Å²) in [5.74, 6) is -4.60. The van der Waals surface area contributed by atoms with E-state index in [9.17, 15) is 34.2 Å². The number of nitrogens with one attached hydrogen (secondary N) is 3. The number of amides is 4. The van der Waals surface area contributed by atoms with Crippen LogP contribution >= 0.6 is 0 Å². The van der Waals surface area contributed by atoms with E-state index in [4.69, 9.17) is 25.1 Å². The molecule has 1 aliphatic rings. The van der Waals surface area contributed by atoms with Crippen molar-refractivity contribution in [1.82, 2.24) is 16.0 Å². The molecule has 2 rings (SSSR count). The van der Waals surface area contributed by atoms with Gasteiger partial charge in [-0.25, -0.2) is 0 Å². The maximum atomic E-state index is 13.2. The summed E-state index contributed by atoms with van der Waals surface area (Å²) in [6.07, 6.45) is -7.05. The van der Waals surface area contributed by atoms with Crippen molar-refractivity contribution in [3.05, 3.63) is 35.9 Å². The van der Waals surface area contributed by atoms with Gasteiger partial charge in [0.2, 0.25) is 23.6 Å². The quantitative estimate of drug-likeness (QED) is 0.114. The van der Waals surface area contributed by atoms with Gasteiger partial charge in [0.25, 0.3) is 0 Å². The average molecular weight is 611 g/mol. The standard InChI is InChI=1S/C28H42N4O11/c1-14(2)21(27(40)31-18(25(29)38)10-11-20(35)36)32-26(39)15(3)42-24-22(30-16(4)34)28(43-19(12-33)23(24)37)41-13-17-8-6-5-7-9-17/h5-9,14-15,18-19,21-24,28,33,37H,10-13H2,1-4H3,(H2,29,38)(H,30,34)(H,31,40)(H,32,39)(H,35,36)/t15-,18-,19-,21-,22-,23-,24-,28+/m1/s1. The Bertz CT molecular complexity index is 1100. The minimum atomic E-state index is -1.48. The number of aliphatic hydroxyl groups is 2. The number of carbonyl (C=O) groups excluding carboxylic acids is 4. The fourth-order valence-electron chi connectivity index (χ4n) is 4.43. The zero-order valence-corrected chi connectivity index (χ0v) is 24.6. The van der Waals surface area contributed by atoms with Gasteiger partial charge >= 0.3 is 5.97 Å². The number of hydrogen-bond acceptors (Lipinski definition) is 10. The van der Waals surface area contributed by atoms with E-state index in [2.05, 4.69) is 16.0 Å². The number of hydrogen-bond donors (Lipinski definition) is 7. The van der Waals surface area contributed by atoms with Crippen LogP contribution in [0.15, 0.2) is 30.3 Å². The normalized spacial score (nSPS) is 23.9. The molecule has 0 aromatic heterocycles. The Balaban J connectivity index is 2.19. The first-order valence-corrected chi connectivity index (χ1v) is 13.9. The Morgan fingerprint density at radius 2 is 1.70 bits per heavy atom. The van der Waals surface area contributed by atoms with Crippen LogP contribution in [-0.4, -0.2) is 100 Å². The number of nitrogens with two attached hydrogens (primary N) is 1. The third-order valence-corrected chi connectivity index (χ3v) is 6.76. The lowest BCUT2D eigenvalue weighted by Crippen LogP contribution is -2.66. The number of primary amides is 1. The lowest BCUT2D eigenvalue weighted by Gasteiger charge is -2.44. The fraction of sp³-hybridized carbons (Fsp3) is 0.607. The van der Waals surface area contributed by atoms with Crippen LogP contribution in [0.25, 0.3) is 0 Å². The summed E-state index contributed by atoms with van der Waals surface area (Å²) in [4.78, 5) is 60.9. The highest BCUT2D eigenvalue weighted by molar-refractivity contribution is 5.92. The first kappa shape index (κ1) is 35.6. The maximum Gasteiger partial charge on any atom is 0.303 e. The largest absolute Gasteiger partial charge is 0.481 e. The molecule has 8 N–H and O–H groups in total. The van der Waals surface area contributed by atoms with Crippen molar-refractivity contribution in [3.63, 3.8) is 0 Å². The first-order chi connectivity index (χ1) is 20.2. The van der Waals surface area contributed by atoms with E-state index in [1.807, 2.05) is 30.3 Å². The molecular formula is C28H42N4O11. The van der Waals surface area contributed by atoms with E-state index >= 15 is 0 Å². The van der Waals surface area contributed by atoms with Crippen LogP contribution in [0.2, 0.25) is 0 Å². The third kappa shape index (κ3) is 10.9. The fourth-order valence-corrected chi connectivity index (χ4v) is 4.43. The summed E-state index contributed by atoms with van der Waals surface area (Å²) in [6, 6.07) is 5.56. The van der Waals surface area contributed by atoms with E-state index in [0.29, 0.717) is 0 Å². The molecule has 1 fully saturated rings. The Hall–Kier alpha value is -3.63. The zero-order chi connectivity index (χ0) is 32.3. The number of ether oxygens (including phenoxy) is 3. The minimum Gasteiger partial charge on any atom is -0.481 e. The van der Waals surface area contributed by atoms with Gasteiger partial charge in [0.1, 0.15) is 42.5 Å². The number of aliphatic hydroxyl groups excluding tert-OH is 2. The van der Waals surface area contributed by atoms with E-state index in [1.165, 1.54) is 13.8 Å². The molecule has 0 bridgehead atoms. The third-order valence-electron chi connectivity index (χ3n) is 6.76. The molecule has 0 spiro atoms. The molecule has 43 heavy (non-hydrogen) atoms. The van der Waals surface area contributed by atoms with Crippen molar-refractivity contribution in [1.29, 1.82) is 0 Å². The number of carboxylic acids is 1. The molecule has 1 aliphatic heterocycles. The first-order valence-electron chi connectivity index (χ1n) is 13.9. The summed E-state index contributed by atoms with van der Waals surface area (Å²) in [7, 11) is 0. The van der Waals surface area contributed by atoms with Gasteiger partial charge in [0.05, 0.1) is 13.2 Å². The maximum absolute atomic E-state index is 13.2. The van der Waals surface area contributed by atoms with Crippen LogP contribution in [0.4, 0.5) is 0 Å². The Kier molecular flexibility index (Phi) is 13.9. The van der Waals surface area contributed by atoms with Crippen LogP contribution in [0.1, 0.15) is 46.1 Å². The molecule has 0 saturated carbocycles. The Labute approximate surface area is 249 Å². The van der Waals surface area contributed by atoms with Gasteiger partial charge in [-0.1, -0.05) is 44.2 Å². The van der Waals surface area contributed by atoms with Gasteiger partial charge in [-0.3, -0.25) is 24.0 Å². The molecule has 0 unspecified atom stereocenters. The topological polar surface area (TPSA) is 236 Å². The highest BCUT2D eigenvalue weighted by atomic mass is 16.7. The predicted molar refractivity (Wildman–Crippen MR) is 150 cm³/mol. The zero-order valence-electron chi connectivity index (χ0n) is 24.6. The number of aliphatic carboxylic acids is 1. The summed E-state index contributed by atoms with van der Waals surface area (Å²) in [5, 5.41) is 37.2. The van der Waals surface area contributed by atoms with Crippen molar-refractivity contribution in [2.24, 2.45) is 11.7 Å². The lowest BCUT2D eigenvalue weighted by atomic mass is 9.96. The summed E-state index contributed by atoms with van der Waals surface area (Å²) in [5.41, 5.74) is 6.10. The molecular weight excluding hydrogens is 568 g/mol. The van der Waals surface area contributed by atoms with Gasteiger partial charge < -0.3 is 51.2 Å². The number of carbonyl (C=O) groups is 5. The van der Waals surface area contributed by atoms with Gasteiger partial charge in [-0.2, -0.15) is 0 Å². The summed E-state index contributed by atoms with van der Waals surface area (Å²) in [6.45, 7) is 5.35. The van der Waals surface area contributed by atoms with Gasteiger partial charge in [0.15, 0.2) is 6.29 Å². The average Bonchev–Trinajstić information content (AvgIpc) is 2.94. The van der Waals surface area contributed by atoms with E-state index in [-0.39, 0.29) is 13.0 Å². The second-order valence-corrected chi connectivity index (χ2v) is 10.6. The molecule has 4 amide bonds. The van der Waals surface area contributed by atoms with Crippen molar-refractivity contribution in [2.45, 2.75) is 96.0 Å². The number of rotatable bonds is 16. The monoisotopic (exact) mass is 610 g/mol. The van der Waals surface area contributed by atoms with Crippen molar-refractivity contribution >= 4 is 29.6 Å². The highest BCUT2D eigenvalue weighted by Gasteiger charge is 2.48. The smallest absolute Gasteiger partial charge is 0.303 e. The molecule has 1 heterocycles. The molecule has 15 nitrogen and oxygen atoms in total. The van der Waals surface area contributed by atoms with E-state index < -0.39 is 97.4 Å². The molecule has 240 valence electrons. The van der Waals surface area contributed by atoms with Gasteiger partial charge in [-0.15, -0.1) is 0 Å². The van der Waals surface area contributed by atoms with Crippen molar-refractivity contribution < 1.29 is 53.5 Å². The van der Waals surface area contributed by atoms with Crippen molar-refractivity contribution in [3.8, 4) is 0 Å².